The fourth-order valence-electron chi connectivity index (χ4n) is 3.60. The lowest BCUT2D eigenvalue weighted by Gasteiger charge is -2.38. The monoisotopic (exact) mass is 416 g/mol. The molecular weight excluding hydrogens is 387 g/mol. The lowest BCUT2D eigenvalue weighted by Crippen LogP contribution is -2.57. The maximum absolute atomic E-state index is 12.9. The first-order chi connectivity index (χ1) is 12.0. The molecule has 1 atom stereocenters. The molecule has 0 spiro atoms. The second kappa shape index (κ2) is 10.3. The first kappa shape index (κ1) is 23.7. The molecule has 1 unspecified atom stereocenters. The molecule has 2 N–H and O–H groups in total. The third-order valence-corrected chi connectivity index (χ3v) is 5.29. The van der Waals surface area contributed by atoms with Gasteiger partial charge in [-0.2, -0.15) is 0 Å². The van der Waals surface area contributed by atoms with Gasteiger partial charge in [0, 0.05) is 39.3 Å². The van der Waals surface area contributed by atoms with Gasteiger partial charge in [0.05, 0.1) is 6.54 Å². The summed E-state index contributed by atoms with van der Waals surface area (Å²) in [7, 11) is 0. The Bertz CT molecular complexity index is 613. The van der Waals surface area contributed by atoms with Gasteiger partial charge in [-0.15, -0.1) is 24.8 Å². The fourth-order valence-corrected chi connectivity index (χ4v) is 3.60. The molecule has 2 saturated heterocycles. The maximum Gasteiger partial charge on any atom is 0.247 e. The summed E-state index contributed by atoms with van der Waals surface area (Å²) in [6.07, 6.45) is 2.23. The number of amides is 2. The SMILES string of the molecule is CC(N)(C(=O)N1CCN(CC(=O)N2CCCC2)CC1)c1ccccc1.Cl.Cl. The molecule has 1 aromatic rings. The molecular formula is C19H30Cl2N4O2. The van der Waals surface area contributed by atoms with Gasteiger partial charge < -0.3 is 15.5 Å². The van der Waals surface area contributed by atoms with Crippen LogP contribution in [0.2, 0.25) is 0 Å². The zero-order valence-corrected chi connectivity index (χ0v) is 17.4. The van der Waals surface area contributed by atoms with Gasteiger partial charge in [-0.1, -0.05) is 30.3 Å². The van der Waals surface area contributed by atoms with Crippen molar-refractivity contribution in [2.75, 3.05) is 45.8 Å². The highest BCUT2D eigenvalue weighted by molar-refractivity contribution is 5.87. The van der Waals surface area contributed by atoms with Gasteiger partial charge in [0.1, 0.15) is 5.54 Å². The minimum Gasteiger partial charge on any atom is -0.342 e. The van der Waals surface area contributed by atoms with E-state index >= 15 is 0 Å². The molecule has 6 nitrogen and oxygen atoms in total. The molecule has 0 saturated carbocycles. The largest absolute Gasteiger partial charge is 0.342 e. The average molecular weight is 417 g/mol. The van der Waals surface area contributed by atoms with Crippen LogP contribution in [0.1, 0.15) is 25.3 Å². The van der Waals surface area contributed by atoms with E-state index in [0.29, 0.717) is 19.6 Å². The van der Waals surface area contributed by atoms with Crippen LogP contribution in [-0.2, 0) is 15.1 Å². The van der Waals surface area contributed by atoms with E-state index in [4.69, 9.17) is 5.73 Å². The van der Waals surface area contributed by atoms with E-state index in [1.807, 2.05) is 40.1 Å². The molecule has 152 valence electrons. The molecule has 2 amide bonds. The third kappa shape index (κ3) is 5.57. The molecule has 1 aromatic carbocycles. The van der Waals surface area contributed by atoms with Crippen molar-refractivity contribution in [3.05, 3.63) is 35.9 Å². The quantitative estimate of drug-likeness (QED) is 0.806. The minimum atomic E-state index is -1.02. The Hall–Kier alpha value is -1.34. The van der Waals surface area contributed by atoms with E-state index in [1.165, 1.54) is 0 Å². The van der Waals surface area contributed by atoms with E-state index in [0.717, 1.165) is 44.6 Å². The summed E-state index contributed by atoms with van der Waals surface area (Å²) in [6.45, 7) is 6.68. The van der Waals surface area contributed by atoms with Crippen LogP contribution in [0.15, 0.2) is 30.3 Å². The van der Waals surface area contributed by atoms with Crippen molar-refractivity contribution < 1.29 is 9.59 Å². The minimum absolute atomic E-state index is 0. The fraction of sp³-hybridized carbons (Fsp3) is 0.579. The number of piperazine rings is 1. The number of likely N-dealkylation sites (tertiary alicyclic amines) is 1. The Morgan fingerprint density at radius 2 is 1.48 bits per heavy atom. The smallest absolute Gasteiger partial charge is 0.247 e. The van der Waals surface area contributed by atoms with Gasteiger partial charge >= 0.3 is 0 Å². The molecule has 2 heterocycles. The van der Waals surface area contributed by atoms with Crippen LogP contribution in [0.4, 0.5) is 0 Å². The van der Waals surface area contributed by atoms with Gasteiger partial charge in [0.2, 0.25) is 11.8 Å². The van der Waals surface area contributed by atoms with Crippen molar-refractivity contribution in [3.63, 3.8) is 0 Å². The first-order valence-electron chi connectivity index (χ1n) is 9.12. The van der Waals surface area contributed by atoms with E-state index in [2.05, 4.69) is 4.90 Å². The van der Waals surface area contributed by atoms with Crippen LogP contribution in [-0.4, -0.2) is 72.3 Å². The van der Waals surface area contributed by atoms with E-state index in [9.17, 15) is 9.59 Å². The summed E-state index contributed by atoms with van der Waals surface area (Å²) < 4.78 is 0. The number of halogens is 2. The number of carbonyl (C=O) groups excluding carboxylic acids is 2. The normalized spacial score (nSPS) is 19.6. The summed E-state index contributed by atoms with van der Waals surface area (Å²) in [5, 5.41) is 0. The Balaban J connectivity index is 0.00000182. The van der Waals surface area contributed by atoms with Crippen molar-refractivity contribution >= 4 is 36.6 Å². The lowest BCUT2D eigenvalue weighted by molar-refractivity contribution is -0.139. The Kier molecular flexibility index (Phi) is 9.02. The number of nitrogens with zero attached hydrogens (tertiary/aromatic N) is 3. The summed E-state index contributed by atoms with van der Waals surface area (Å²) in [4.78, 5) is 31.0. The molecule has 0 aliphatic carbocycles. The highest BCUT2D eigenvalue weighted by Gasteiger charge is 2.36. The van der Waals surface area contributed by atoms with Crippen LogP contribution in [0.25, 0.3) is 0 Å². The molecule has 2 aliphatic heterocycles. The number of hydrogen-bond acceptors (Lipinski definition) is 4. The standard InChI is InChI=1S/C19H28N4O2.2ClH/c1-19(20,16-7-3-2-4-8-16)18(25)23-13-11-21(12-14-23)15-17(24)22-9-5-6-10-22;;/h2-4,7-8H,5-6,9-15,20H2,1H3;2*1H. The molecule has 0 aromatic heterocycles. The first-order valence-corrected chi connectivity index (χ1v) is 9.12. The second-order valence-electron chi connectivity index (χ2n) is 7.22. The van der Waals surface area contributed by atoms with E-state index < -0.39 is 5.54 Å². The highest BCUT2D eigenvalue weighted by atomic mass is 35.5. The van der Waals surface area contributed by atoms with Gasteiger partial charge in [0.25, 0.3) is 0 Å². The van der Waals surface area contributed by atoms with Crippen LogP contribution in [0, 0.1) is 0 Å². The Morgan fingerprint density at radius 1 is 0.926 bits per heavy atom. The van der Waals surface area contributed by atoms with Crippen molar-refractivity contribution in [1.29, 1.82) is 0 Å². The van der Waals surface area contributed by atoms with E-state index in [-0.39, 0.29) is 36.6 Å². The number of nitrogens with two attached hydrogens (primary N) is 1. The topological polar surface area (TPSA) is 69.9 Å². The Labute approximate surface area is 173 Å². The predicted molar refractivity (Wildman–Crippen MR) is 111 cm³/mol. The summed E-state index contributed by atoms with van der Waals surface area (Å²) >= 11 is 0. The lowest BCUT2D eigenvalue weighted by atomic mass is 9.91. The number of hydrogen-bond donors (Lipinski definition) is 1. The van der Waals surface area contributed by atoms with Crippen LogP contribution < -0.4 is 5.73 Å². The highest BCUT2D eigenvalue weighted by Crippen LogP contribution is 2.21. The zero-order valence-electron chi connectivity index (χ0n) is 15.8. The van der Waals surface area contributed by atoms with Crippen molar-refractivity contribution in [2.45, 2.75) is 25.3 Å². The summed E-state index contributed by atoms with van der Waals surface area (Å²) in [6, 6.07) is 9.50. The van der Waals surface area contributed by atoms with Gasteiger partial charge in [-0.05, 0) is 25.3 Å². The van der Waals surface area contributed by atoms with Crippen molar-refractivity contribution in [1.82, 2.24) is 14.7 Å². The van der Waals surface area contributed by atoms with Gasteiger partial charge in [0.15, 0.2) is 0 Å². The predicted octanol–water partition coefficient (Wildman–Crippen LogP) is 1.47. The van der Waals surface area contributed by atoms with Crippen LogP contribution in [0.5, 0.6) is 0 Å². The third-order valence-electron chi connectivity index (χ3n) is 5.29. The van der Waals surface area contributed by atoms with Crippen LogP contribution >= 0.6 is 24.8 Å². The molecule has 0 radical (unpaired) electrons. The van der Waals surface area contributed by atoms with Gasteiger partial charge in [-0.3, -0.25) is 14.5 Å². The molecule has 8 heteroatoms. The van der Waals surface area contributed by atoms with Crippen LogP contribution in [0.3, 0.4) is 0 Å². The summed E-state index contributed by atoms with van der Waals surface area (Å²) in [5.74, 6) is 0.162. The Morgan fingerprint density at radius 3 is 2.04 bits per heavy atom. The molecule has 2 aliphatic rings. The number of benzene rings is 1. The maximum atomic E-state index is 12.9. The van der Waals surface area contributed by atoms with Gasteiger partial charge in [-0.25, -0.2) is 0 Å². The van der Waals surface area contributed by atoms with Crippen molar-refractivity contribution in [2.24, 2.45) is 5.73 Å². The molecule has 2 fully saturated rings. The molecule has 27 heavy (non-hydrogen) atoms. The molecule has 3 rings (SSSR count). The number of rotatable bonds is 4. The number of carbonyl (C=O) groups is 2. The summed E-state index contributed by atoms with van der Waals surface area (Å²) in [5.41, 5.74) is 6.15. The zero-order chi connectivity index (χ0) is 17.9. The molecule has 0 bridgehead atoms. The average Bonchev–Trinajstić information content (AvgIpc) is 3.17. The van der Waals surface area contributed by atoms with E-state index in [1.54, 1.807) is 6.92 Å². The van der Waals surface area contributed by atoms with Crippen molar-refractivity contribution in [3.8, 4) is 0 Å². The second-order valence-corrected chi connectivity index (χ2v) is 7.22.